The zero-order valence-corrected chi connectivity index (χ0v) is 12.3. The van der Waals surface area contributed by atoms with Crippen molar-refractivity contribution >= 4 is 0 Å². The van der Waals surface area contributed by atoms with Crippen molar-refractivity contribution in [2.24, 2.45) is 0 Å². The highest BCUT2D eigenvalue weighted by atomic mass is 15.3. The zero-order valence-electron chi connectivity index (χ0n) is 12.3. The second kappa shape index (κ2) is 9.15. The molecule has 1 rings (SSSR count). The molecule has 104 valence electrons. The Morgan fingerprint density at radius 3 is 2.56 bits per heavy atom. The summed E-state index contributed by atoms with van der Waals surface area (Å²) in [5, 5.41) is 8.13. The van der Waals surface area contributed by atoms with Gasteiger partial charge in [0.05, 0.1) is 12.2 Å². The largest absolute Gasteiger partial charge is 0.315 e. The molecule has 1 N–H and O–H groups in total. The van der Waals surface area contributed by atoms with Crippen molar-refractivity contribution < 1.29 is 0 Å². The second-order valence-electron chi connectivity index (χ2n) is 4.87. The summed E-state index contributed by atoms with van der Waals surface area (Å²) in [4.78, 5) is 0. The number of unbranched alkanes of at least 4 members (excludes halogenated alkanes) is 3. The summed E-state index contributed by atoms with van der Waals surface area (Å²) in [5.74, 6) is 0. The molecule has 0 atom stereocenters. The predicted octanol–water partition coefficient (Wildman–Crippen LogP) is 3.18. The number of aromatic nitrogens is 2. The summed E-state index contributed by atoms with van der Waals surface area (Å²) >= 11 is 0. The van der Waals surface area contributed by atoms with Gasteiger partial charge in [0, 0.05) is 12.2 Å². The minimum Gasteiger partial charge on any atom is -0.315 e. The highest BCUT2D eigenvalue weighted by Gasteiger charge is 2.04. The van der Waals surface area contributed by atoms with Gasteiger partial charge in [0.15, 0.2) is 0 Å². The number of aryl methyl sites for hydroxylation is 2. The Kier molecular flexibility index (Phi) is 7.74. The average molecular weight is 251 g/mol. The Hall–Kier alpha value is -0.830. The number of nitrogens with zero attached hydrogens (tertiary/aromatic N) is 2. The van der Waals surface area contributed by atoms with Gasteiger partial charge in [0.2, 0.25) is 0 Å². The molecule has 3 nitrogen and oxygen atoms in total. The molecule has 1 aromatic rings. The van der Waals surface area contributed by atoms with E-state index in [-0.39, 0.29) is 0 Å². The number of rotatable bonds is 10. The van der Waals surface area contributed by atoms with E-state index in [9.17, 15) is 0 Å². The Bertz CT molecular complexity index is 318. The van der Waals surface area contributed by atoms with E-state index in [0.717, 1.165) is 32.5 Å². The molecule has 0 saturated heterocycles. The van der Waals surface area contributed by atoms with Crippen LogP contribution in [0.2, 0.25) is 0 Å². The molecule has 0 radical (unpaired) electrons. The van der Waals surface area contributed by atoms with E-state index < -0.39 is 0 Å². The maximum Gasteiger partial charge on any atom is 0.0624 e. The molecule has 0 aliphatic heterocycles. The van der Waals surface area contributed by atoms with Crippen LogP contribution in [0, 0.1) is 0 Å². The quantitative estimate of drug-likeness (QED) is 0.647. The summed E-state index contributed by atoms with van der Waals surface area (Å²) in [6, 6.07) is 2.24. The van der Waals surface area contributed by atoms with E-state index in [4.69, 9.17) is 0 Å². The highest BCUT2D eigenvalue weighted by molar-refractivity contribution is 5.10. The van der Waals surface area contributed by atoms with Gasteiger partial charge in [-0.2, -0.15) is 5.10 Å². The van der Waals surface area contributed by atoms with Crippen LogP contribution >= 0.6 is 0 Å². The first kappa shape index (κ1) is 15.2. The molecule has 0 fully saturated rings. The zero-order chi connectivity index (χ0) is 13.2. The first-order chi connectivity index (χ1) is 8.81. The maximum absolute atomic E-state index is 4.62. The third-order valence-corrected chi connectivity index (χ3v) is 3.35. The van der Waals surface area contributed by atoms with Crippen LogP contribution in [0.3, 0.4) is 0 Å². The van der Waals surface area contributed by atoms with Gasteiger partial charge in [-0.3, -0.25) is 4.68 Å². The monoisotopic (exact) mass is 251 g/mol. The topological polar surface area (TPSA) is 29.9 Å². The highest BCUT2D eigenvalue weighted by Crippen LogP contribution is 2.05. The van der Waals surface area contributed by atoms with Crippen LogP contribution in [0.1, 0.15) is 57.8 Å². The summed E-state index contributed by atoms with van der Waals surface area (Å²) in [6.07, 6.45) is 7.43. The molecular weight excluding hydrogens is 222 g/mol. The fourth-order valence-corrected chi connectivity index (χ4v) is 2.15. The van der Waals surface area contributed by atoms with Crippen LogP contribution < -0.4 is 5.32 Å². The lowest BCUT2D eigenvalue weighted by atomic mass is 10.2. The van der Waals surface area contributed by atoms with E-state index in [1.807, 2.05) is 0 Å². The molecule has 1 heterocycles. The van der Waals surface area contributed by atoms with E-state index in [1.165, 1.54) is 37.1 Å². The van der Waals surface area contributed by atoms with Crippen LogP contribution in [-0.4, -0.2) is 22.9 Å². The molecule has 0 aliphatic rings. The van der Waals surface area contributed by atoms with E-state index in [1.54, 1.807) is 0 Å². The lowest BCUT2D eigenvalue weighted by Gasteiger charge is -2.07. The van der Waals surface area contributed by atoms with Crippen LogP contribution in [0.5, 0.6) is 0 Å². The summed E-state index contributed by atoms with van der Waals surface area (Å²) in [7, 11) is 0. The van der Waals surface area contributed by atoms with Crippen molar-refractivity contribution in [1.29, 1.82) is 0 Å². The van der Waals surface area contributed by atoms with Crippen molar-refractivity contribution in [1.82, 2.24) is 15.1 Å². The molecule has 1 aromatic heterocycles. The number of hydrogen-bond acceptors (Lipinski definition) is 2. The fraction of sp³-hybridized carbons (Fsp3) is 0.800. The van der Waals surface area contributed by atoms with Crippen molar-refractivity contribution in [3.8, 4) is 0 Å². The maximum atomic E-state index is 4.62. The van der Waals surface area contributed by atoms with Crippen molar-refractivity contribution in [2.45, 2.75) is 65.8 Å². The smallest absolute Gasteiger partial charge is 0.0624 e. The first-order valence-electron chi connectivity index (χ1n) is 7.58. The minimum absolute atomic E-state index is 0.997. The molecule has 0 saturated carbocycles. The average Bonchev–Trinajstić information content (AvgIpc) is 2.80. The Morgan fingerprint density at radius 1 is 1.06 bits per heavy atom. The Balaban J connectivity index is 2.20. The van der Waals surface area contributed by atoms with Crippen LogP contribution in [-0.2, 0) is 19.4 Å². The SMILES string of the molecule is CCCCCCNCCn1nc(CC)cc1CC. The van der Waals surface area contributed by atoms with Gasteiger partial charge in [-0.1, -0.05) is 40.0 Å². The Morgan fingerprint density at radius 2 is 1.89 bits per heavy atom. The molecule has 0 unspecified atom stereocenters. The number of hydrogen-bond donors (Lipinski definition) is 1. The van der Waals surface area contributed by atoms with E-state index in [2.05, 4.69) is 41.9 Å². The molecule has 0 amide bonds. The molecule has 0 aliphatic carbocycles. The predicted molar refractivity (Wildman–Crippen MR) is 78.0 cm³/mol. The normalized spacial score (nSPS) is 11.1. The number of nitrogens with one attached hydrogen (secondary N) is 1. The van der Waals surface area contributed by atoms with Gasteiger partial charge in [-0.25, -0.2) is 0 Å². The molecule has 0 bridgehead atoms. The van der Waals surface area contributed by atoms with Crippen LogP contribution in [0.15, 0.2) is 6.07 Å². The third-order valence-electron chi connectivity index (χ3n) is 3.35. The third kappa shape index (κ3) is 5.21. The molecule has 0 aromatic carbocycles. The Labute approximate surface area is 112 Å². The fourth-order valence-electron chi connectivity index (χ4n) is 2.15. The summed E-state index contributed by atoms with van der Waals surface area (Å²) < 4.78 is 2.16. The molecular formula is C15H29N3. The van der Waals surface area contributed by atoms with E-state index >= 15 is 0 Å². The van der Waals surface area contributed by atoms with Crippen LogP contribution in [0.25, 0.3) is 0 Å². The van der Waals surface area contributed by atoms with Crippen LogP contribution in [0.4, 0.5) is 0 Å². The summed E-state index contributed by atoms with van der Waals surface area (Å²) in [6.45, 7) is 9.79. The molecule has 3 heteroatoms. The minimum atomic E-state index is 0.997. The van der Waals surface area contributed by atoms with Gasteiger partial charge < -0.3 is 5.32 Å². The summed E-state index contributed by atoms with van der Waals surface area (Å²) in [5.41, 5.74) is 2.58. The molecule has 18 heavy (non-hydrogen) atoms. The standard InChI is InChI=1S/C15H29N3/c1-4-7-8-9-10-16-11-12-18-15(6-3)13-14(5-2)17-18/h13,16H,4-12H2,1-3H3. The van der Waals surface area contributed by atoms with Crippen molar-refractivity contribution in [3.63, 3.8) is 0 Å². The van der Waals surface area contributed by atoms with Gasteiger partial charge in [0.1, 0.15) is 0 Å². The van der Waals surface area contributed by atoms with Gasteiger partial charge >= 0.3 is 0 Å². The second-order valence-corrected chi connectivity index (χ2v) is 4.87. The van der Waals surface area contributed by atoms with Gasteiger partial charge in [-0.15, -0.1) is 0 Å². The first-order valence-corrected chi connectivity index (χ1v) is 7.58. The van der Waals surface area contributed by atoms with Gasteiger partial charge in [0.25, 0.3) is 0 Å². The van der Waals surface area contributed by atoms with Gasteiger partial charge in [-0.05, 0) is 31.9 Å². The van der Waals surface area contributed by atoms with Crippen molar-refractivity contribution in [2.75, 3.05) is 13.1 Å². The van der Waals surface area contributed by atoms with Crippen molar-refractivity contribution in [3.05, 3.63) is 17.5 Å². The lowest BCUT2D eigenvalue weighted by molar-refractivity contribution is 0.521. The lowest BCUT2D eigenvalue weighted by Crippen LogP contribution is -2.22. The molecule has 0 spiro atoms. The van der Waals surface area contributed by atoms with E-state index in [0.29, 0.717) is 0 Å².